The molecule has 9 heteroatoms. The zero-order valence-corrected chi connectivity index (χ0v) is 17.9. The molecule has 1 aromatic heterocycles. The van der Waals surface area contributed by atoms with Gasteiger partial charge in [0.1, 0.15) is 0 Å². The van der Waals surface area contributed by atoms with Crippen LogP contribution in [0, 0.1) is 37.8 Å². The highest BCUT2D eigenvalue weighted by atomic mass is 16.6. The molecule has 0 fully saturated rings. The summed E-state index contributed by atoms with van der Waals surface area (Å²) in [6, 6.07) is 8.91. The van der Waals surface area contributed by atoms with E-state index < -0.39 is 16.9 Å². The number of aliphatic imine (C=N–C) groups is 1. The molecular formula is C23H21N3O6. The van der Waals surface area contributed by atoms with Gasteiger partial charge in [-0.25, -0.2) is 9.59 Å². The van der Waals surface area contributed by atoms with Crippen molar-refractivity contribution in [2.45, 2.75) is 27.7 Å². The van der Waals surface area contributed by atoms with Crippen LogP contribution in [0.3, 0.4) is 0 Å². The zero-order chi connectivity index (χ0) is 23.7. The third kappa shape index (κ3) is 4.27. The number of nitrogens with zero attached hydrogens (tertiary/aromatic N) is 3. The third-order valence-electron chi connectivity index (χ3n) is 5.31. The first-order chi connectivity index (χ1) is 15.0. The van der Waals surface area contributed by atoms with E-state index in [2.05, 4.69) is 4.99 Å². The van der Waals surface area contributed by atoms with Gasteiger partial charge >= 0.3 is 11.9 Å². The highest BCUT2D eigenvalue weighted by Crippen LogP contribution is 2.28. The summed E-state index contributed by atoms with van der Waals surface area (Å²) >= 11 is 0. The van der Waals surface area contributed by atoms with Crippen molar-refractivity contribution in [2.75, 3.05) is 0 Å². The summed E-state index contributed by atoms with van der Waals surface area (Å²) in [7, 11) is 0. The lowest BCUT2D eigenvalue weighted by Crippen LogP contribution is -2.07. The predicted octanol–water partition coefficient (Wildman–Crippen LogP) is 4.77. The topological polar surface area (TPSA) is 135 Å². The van der Waals surface area contributed by atoms with Gasteiger partial charge in [-0.3, -0.25) is 15.1 Å². The van der Waals surface area contributed by atoms with Gasteiger partial charge in [-0.2, -0.15) is 0 Å². The number of aromatic carboxylic acids is 2. The van der Waals surface area contributed by atoms with Crippen molar-refractivity contribution in [3.8, 4) is 5.69 Å². The average molecular weight is 435 g/mol. The quantitative estimate of drug-likeness (QED) is 0.325. The Morgan fingerprint density at radius 1 is 0.969 bits per heavy atom. The minimum Gasteiger partial charge on any atom is -0.478 e. The first-order valence-electron chi connectivity index (χ1n) is 9.60. The normalized spacial score (nSPS) is 11.1. The van der Waals surface area contributed by atoms with E-state index >= 15 is 0 Å². The summed E-state index contributed by atoms with van der Waals surface area (Å²) in [5.41, 5.74) is 4.07. The molecular weight excluding hydrogens is 414 g/mol. The van der Waals surface area contributed by atoms with Gasteiger partial charge in [0.2, 0.25) is 0 Å². The van der Waals surface area contributed by atoms with Crippen molar-refractivity contribution < 1.29 is 24.7 Å². The minimum absolute atomic E-state index is 0.00527. The molecule has 2 N–H and O–H groups in total. The lowest BCUT2D eigenvalue weighted by atomic mass is 10.1. The zero-order valence-electron chi connectivity index (χ0n) is 17.9. The molecule has 0 amide bonds. The average Bonchev–Trinajstić information content (AvgIpc) is 3.01. The molecule has 0 unspecified atom stereocenters. The SMILES string of the molecule is Cc1cc(N=Cc2cc(C)n(-c3cc(C(=O)O)cc(C(=O)O)c3)c2C)cc([N+](=O)[O-])c1C. The fraction of sp³-hybridized carbons (Fsp3) is 0.174. The predicted molar refractivity (Wildman–Crippen MR) is 119 cm³/mol. The van der Waals surface area contributed by atoms with Crippen LogP contribution in [0.4, 0.5) is 11.4 Å². The Morgan fingerprint density at radius 3 is 2.09 bits per heavy atom. The highest BCUT2D eigenvalue weighted by molar-refractivity contribution is 5.95. The number of carboxylic acids is 2. The molecule has 3 aromatic rings. The van der Waals surface area contributed by atoms with Crippen LogP contribution in [-0.2, 0) is 0 Å². The van der Waals surface area contributed by atoms with Crippen LogP contribution >= 0.6 is 0 Å². The Balaban J connectivity index is 2.07. The second kappa shape index (κ2) is 8.46. The van der Waals surface area contributed by atoms with E-state index in [1.54, 1.807) is 44.5 Å². The molecule has 9 nitrogen and oxygen atoms in total. The summed E-state index contributed by atoms with van der Waals surface area (Å²) in [6.07, 6.45) is 1.58. The van der Waals surface area contributed by atoms with E-state index in [9.17, 15) is 29.9 Å². The number of aryl methyl sites for hydroxylation is 2. The molecule has 0 saturated heterocycles. The fourth-order valence-corrected chi connectivity index (χ4v) is 3.53. The van der Waals surface area contributed by atoms with Gasteiger partial charge in [0.25, 0.3) is 5.69 Å². The molecule has 0 atom stereocenters. The van der Waals surface area contributed by atoms with Crippen molar-refractivity contribution in [1.29, 1.82) is 0 Å². The number of hydrogen-bond donors (Lipinski definition) is 2. The largest absolute Gasteiger partial charge is 0.478 e. The first kappa shape index (κ1) is 22.4. The molecule has 0 aliphatic rings. The van der Waals surface area contributed by atoms with E-state index in [4.69, 9.17) is 0 Å². The number of hydrogen-bond acceptors (Lipinski definition) is 5. The van der Waals surface area contributed by atoms with Crippen molar-refractivity contribution in [2.24, 2.45) is 4.99 Å². The van der Waals surface area contributed by atoms with Gasteiger partial charge in [0.05, 0.1) is 21.7 Å². The van der Waals surface area contributed by atoms with E-state index in [1.807, 2.05) is 6.07 Å². The number of carbonyl (C=O) groups is 2. The van der Waals surface area contributed by atoms with Gasteiger partial charge in [0.15, 0.2) is 0 Å². The van der Waals surface area contributed by atoms with Gasteiger partial charge in [-0.15, -0.1) is 0 Å². The number of nitro benzene ring substituents is 1. The van der Waals surface area contributed by atoms with Crippen LogP contribution in [0.5, 0.6) is 0 Å². The fourth-order valence-electron chi connectivity index (χ4n) is 3.53. The maximum Gasteiger partial charge on any atom is 0.335 e. The number of benzene rings is 2. The lowest BCUT2D eigenvalue weighted by Gasteiger charge is -2.12. The van der Waals surface area contributed by atoms with E-state index in [1.165, 1.54) is 18.2 Å². The van der Waals surface area contributed by atoms with Crippen LogP contribution < -0.4 is 0 Å². The standard InChI is InChI=1S/C23H21N3O6/c1-12-5-19(10-21(14(12)3)26(31)32)24-11-18-6-13(2)25(15(18)4)20-8-16(22(27)28)7-17(9-20)23(29)30/h5-11H,1-4H3,(H,27,28)(H,29,30). The van der Waals surface area contributed by atoms with Crippen LogP contribution in [0.2, 0.25) is 0 Å². The molecule has 2 aromatic carbocycles. The van der Waals surface area contributed by atoms with E-state index in [0.29, 0.717) is 28.2 Å². The molecule has 0 radical (unpaired) electrons. The molecule has 32 heavy (non-hydrogen) atoms. The monoisotopic (exact) mass is 435 g/mol. The second-order valence-electron chi connectivity index (χ2n) is 7.46. The molecule has 1 heterocycles. The highest BCUT2D eigenvalue weighted by Gasteiger charge is 2.17. The summed E-state index contributed by atoms with van der Waals surface area (Å²) in [4.78, 5) is 38.1. The smallest absolute Gasteiger partial charge is 0.335 e. The lowest BCUT2D eigenvalue weighted by molar-refractivity contribution is -0.385. The van der Waals surface area contributed by atoms with Gasteiger partial charge in [-0.1, -0.05) is 0 Å². The van der Waals surface area contributed by atoms with Crippen molar-refractivity contribution in [3.05, 3.63) is 85.7 Å². The Bertz CT molecular complexity index is 1270. The molecule has 0 bridgehead atoms. The third-order valence-corrected chi connectivity index (χ3v) is 5.31. The Morgan fingerprint density at radius 2 is 1.56 bits per heavy atom. The van der Waals surface area contributed by atoms with Crippen molar-refractivity contribution in [3.63, 3.8) is 0 Å². The second-order valence-corrected chi connectivity index (χ2v) is 7.46. The Hall–Kier alpha value is -4.27. The van der Waals surface area contributed by atoms with Gasteiger partial charge in [-0.05, 0) is 63.6 Å². The summed E-state index contributed by atoms with van der Waals surface area (Å²) in [5, 5.41) is 30.0. The maximum atomic E-state index is 11.4. The molecule has 0 spiro atoms. The van der Waals surface area contributed by atoms with Gasteiger partial charge in [0, 0.05) is 40.5 Å². The van der Waals surface area contributed by atoms with Crippen LogP contribution in [-0.4, -0.2) is 37.9 Å². The Labute approximate surface area is 183 Å². The van der Waals surface area contributed by atoms with Crippen LogP contribution in [0.25, 0.3) is 5.69 Å². The van der Waals surface area contributed by atoms with Crippen molar-refractivity contribution in [1.82, 2.24) is 4.57 Å². The summed E-state index contributed by atoms with van der Waals surface area (Å²) in [5.74, 6) is -2.45. The van der Waals surface area contributed by atoms with Crippen molar-refractivity contribution >= 4 is 29.5 Å². The van der Waals surface area contributed by atoms with Gasteiger partial charge < -0.3 is 14.8 Å². The molecule has 0 saturated carbocycles. The molecule has 3 rings (SSSR count). The number of aromatic nitrogens is 1. The Kier molecular flexibility index (Phi) is 5.93. The van der Waals surface area contributed by atoms with E-state index in [-0.39, 0.29) is 16.8 Å². The molecule has 0 aliphatic heterocycles. The molecule has 164 valence electrons. The minimum atomic E-state index is -1.23. The maximum absolute atomic E-state index is 11.4. The van der Waals surface area contributed by atoms with Crippen LogP contribution in [0.1, 0.15) is 48.8 Å². The van der Waals surface area contributed by atoms with Crippen LogP contribution in [0.15, 0.2) is 41.4 Å². The van der Waals surface area contributed by atoms with E-state index in [0.717, 1.165) is 17.3 Å². The first-order valence-corrected chi connectivity index (χ1v) is 9.60. The number of carboxylic acid groups (broad SMARTS) is 2. The molecule has 0 aliphatic carbocycles. The number of nitro groups is 1. The summed E-state index contributed by atoms with van der Waals surface area (Å²) in [6.45, 7) is 7.07. The number of rotatable bonds is 6. The summed E-state index contributed by atoms with van der Waals surface area (Å²) < 4.78 is 1.74.